The summed E-state index contributed by atoms with van der Waals surface area (Å²) in [6.07, 6.45) is 7.52. The fraction of sp³-hybridized carbons (Fsp3) is 0.462. The molecule has 0 fully saturated rings. The minimum atomic E-state index is 0.340. The van der Waals surface area contributed by atoms with Crippen LogP contribution in [0.25, 0.3) is 0 Å². The van der Waals surface area contributed by atoms with E-state index in [0.717, 1.165) is 24.5 Å². The molecule has 2 rings (SSSR count). The van der Waals surface area contributed by atoms with E-state index in [0.29, 0.717) is 6.04 Å². The van der Waals surface area contributed by atoms with Crippen LogP contribution in [0.4, 0.5) is 0 Å². The number of nitrogens with one attached hydrogen (secondary N) is 1. The van der Waals surface area contributed by atoms with Gasteiger partial charge in [-0.3, -0.25) is 14.6 Å². The van der Waals surface area contributed by atoms with Gasteiger partial charge in [0.15, 0.2) is 0 Å². The SMILES string of the molecule is Cc1cnn(C[C@H](C)NCc2cnc(C)cn2)c1. The molecule has 2 aromatic rings. The van der Waals surface area contributed by atoms with Crippen LogP contribution in [0.3, 0.4) is 0 Å². The van der Waals surface area contributed by atoms with E-state index in [4.69, 9.17) is 0 Å². The molecule has 0 aliphatic heterocycles. The van der Waals surface area contributed by atoms with E-state index < -0.39 is 0 Å². The Morgan fingerprint density at radius 1 is 1.22 bits per heavy atom. The molecule has 1 N–H and O–H groups in total. The number of rotatable bonds is 5. The van der Waals surface area contributed by atoms with Crippen molar-refractivity contribution in [3.05, 3.63) is 41.7 Å². The van der Waals surface area contributed by atoms with Crippen LogP contribution in [0.2, 0.25) is 0 Å². The molecule has 1 atom stereocenters. The van der Waals surface area contributed by atoms with Crippen molar-refractivity contribution in [1.29, 1.82) is 0 Å². The summed E-state index contributed by atoms with van der Waals surface area (Å²) in [6.45, 7) is 7.71. The second kappa shape index (κ2) is 5.73. The maximum atomic E-state index is 4.31. The van der Waals surface area contributed by atoms with Crippen molar-refractivity contribution in [3.8, 4) is 0 Å². The Kier molecular flexibility index (Phi) is 4.04. The van der Waals surface area contributed by atoms with Gasteiger partial charge in [-0.25, -0.2) is 0 Å². The Hall–Kier alpha value is -1.75. The Bertz CT molecular complexity index is 488. The largest absolute Gasteiger partial charge is 0.307 e. The second-order valence-electron chi connectivity index (χ2n) is 4.67. The number of hydrogen-bond donors (Lipinski definition) is 1. The first-order valence-electron chi connectivity index (χ1n) is 6.13. The lowest BCUT2D eigenvalue weighted by Crippen LogP contribution is -2.30. The highest BCUT2D eigenvalue weighted by Gasteiger charge is 2.04. The van der Waals surface area contributed by atoms with Crippen LogP contribution in [-0.4, -0.2) is 25.8 Å². The van der Waals surface area contributed by atoms with Gasteiger partial charge in [0.2, 0.25) is 0 Å². The zero-order valence-corrected chi connectivity index (χ0v) is 11.1. The van der Waals surface area contributed by atoms with Crippen LogP contribution in [-0.2, 0) is 13.1 Å². The second-order valence-corrected chi connectivity index (χ2v) is 4.67. The highest BCUT2D eigenvalue weighted by atomic mass is 15.3. The molecule has 5 nitrogen and oxygen atoms in total. The van der Waals surface area contributed by atoms with Gasteiger partial charge >= 0.3 is 0 Å². The lowest BCUT2D eigenvalue weighted by molar-refractivity contribution is 0.448. The van der Waals surface area contributed by atoms with E-state index in [2.05, 4.69) is 27.3 Å². The van der Waals surface area contributed by atoms with Crippen molar-refractivity contribution in [1.82, 2.24) is 25.1 Å². The van der Waals surface area contributed by atoms with Crippen molar-refractivity contribution < 1.29 is 0 Å². The van der Waals surface area contributed by atoms with Crippen molar-refractivity contribution in [2.45, 2.75) is 39.9 Å². The normalized spacial score (nSPS) is 12.6. The zero-order chi connectivity index (χ0) is 13.0. The van der Waals surface area contributed by atoms with Crippen LogP contribution < -0.4 is 5.32 Å². The van der Waals surface area contributed by atoms with E-state index in [9.17, 15) is 0 Å². The van der Waals surface area contributed by atoms with Crippen LogP contribution >= 0.6 is 0 Å². The van der Waals surface area contributed by atoms with Crippen molar-refractivity contribution in [3.63, 3.8) is 0 Å². The first kappa shape index (κ1) is 12.7. The summed E-state index contributed by atoms with van der Waals surface area (Å²) in [5.74, 6) is 0. The first-order valence-corrected chi connectivity index (χ1v) is 6.13. The average molecular weight is 245 g/mol. The molecule has 2 aromatic heterocycles. The van der Waals surface area contributed by atoms with Gasteiger partial charge in [0.25, 0.3) is 0 Å². The summed E-state index contributed by atoms with van der Waals surface area (Å²) >= 11 is 0. The topological polar surface area (TPSA) is 55.6 Å². The number of nitrogens with zero attached hydrogens (tertiary/aromatic N) is 4. The minimum Gasteiger partial charge on any atom is -0.307 e. The fourth-order valence-corrected chi connectivity index (χ4v) is 1.70. The van der Waals surface area contributed by atoms with Gasteiger partial charge in [0.05, 0.1) is 24.1 Å². The molecule has 5 heteroatoms. The van der Waals surface area contributed by atoms with Crippen LogP contribution in [0, 0.1) is 13.8 Å². The molecule has 0 bridgehead atoms. The Balaban J connectivity index is 1.81. The van der Waals surface area contributed by atoms with Gasteiger partial charge in [0.1, 0.15) is 0 Å². The summed E-state index contributed by atoms with van der Waals surface area (Å²) in [5, 5.41) is 7.68. The lowest BCUT2D eigenvalue weighted by atomic mass is 10.3. The minimum absolute atomic E-state index is 0.340. The Morgan fingerprint density at radius 2 is 2.06 bits per heavy atom. The smallest absolute Gasteiger partial charge is 0.0724 e. The van der Waals surface area contributed by atoms with Gasteiger partial charge in [-0.05, 0) is 26.3 Å². The maximum Gasteiger partial charge on any atom is 0.0724 e. The average Bonchev–Trinajstić information content (AvgIpc) is 2.74. The third-order valence-corrected chi connectivity index (χ3v) is 2.69. The first-order chi connectivity index (χ1) is 8.63. The van der Waals surface area contributed by atoms with Crippen molar-refractivity contribution in [2.75, 3.05) is 0 Å². The molecule has 0 spiro atoms. The zero-order valence-electron chi connectivity index (χ0n) is 11.1. The molecule has 0 unspecified atom stereocenters. The van der Waals surface area contributed by atoms with Gasteiger partial charge < -0.3 is 5.32 Å². The summed E-state index contributed by atoms with van der Waals surface area (Å²) in [6, 6.07) is 0.340. The molecular weight excluding hydrogens is 226 g/mol. The molecule has 0 aliphatic carbocycles. The Morgan fingerprint density at radius 3 is 2.67 bits per heavy atom. The van der Waals surface area contributed by atoms with Crippen LogP contribution in [0.1, 0.15) is 23.9 Å². The summed E-state index contributed by atoms with van der Waals surface area (Å²) in [4.78, 5) is 8.54. The van der Waals surface area contributed by atoms with E-state index in [1.165, 1.54) is 5.56 Å². The number of aryl methyl sites for hydroxylation is 2. The van der Waals surface area contributed by atoms with Gasteiger partial charge in [-0.15, -0.1) is 0 Å². The van der Waals surface area contributed by atoms with E-state index >= 15 is 0 Å². The predicted molar refractivity (Wildman–Crippen MR) is 70.0 cm³/mol. The quantitative estimate of drug-likeness (QED) is 0.866. The number of aromatic nitrogens is 4. The van der Waals surface area contributed by atoms with Crippen molar-refractivity contribution >= 4 is 0 Å². The highest BCUT2D eigenvalue weighted by molar-refractivity contribution is 5.01. The van der Waals surface area contributed by atoms with Gasteiger partial charge in [-0.2, -0.15) is 5.10 Å². The van der Waals surface area contributed by atoms with Crippen LogP contribution in [0.5, 0.6) is 0 Å². The third kappa shape index (κ3) is 3.63. The third-order valence-electron chi connectivity index (χ3n) is 2.69. The molecule has 2 heterocycles. The standard InChI is InChI=1S/C13H19N5/c1-10-4-17-18(8-10)9-12(3)15-7-13-6-14-11(2)5-16-13/h4-6,8,12,15H,7,9H2,1-3H3/t12-/m0/s1. The van der Waals surface area contributed by atoms with Crippen LogP contribution in [0.15, 0.2) is 24.8 Å². The highest BCUT2D eigenvalue weighted by Crippen LogP contribution is 1.98. The molecule has 0 aromatic carbocycles. The Labute approximate surface area is 107 Å². The molecule has 0 aliphatic rings. The fourth-order valence-electron chi connectivity index (χ4n) is 1.70. The molecule has 0 saturated carbocycles. The van der Waals surface area contributed by atoms with Crippen molar-refractivity contribution in [2.24, 2.45) is 0 Å². The molecule has 96 valence electrons. The van der Waals surface area contributed by atoms with E-state index in [-0.39, 0.29) is 0 Å². The number of hydrogen-bond acceptors (Lipinski definition) is 4. The summed E-state index contributed by atoms with van der Waals surface area (Å²) < 4.78 is 1.95. The molecular formula is C13H19N5. The monoisotopic (exact) mass is 245 g/mol. The summed E-state index contributed by atoms with van der Waals surface area (Å²) in [5.41, 5.74) is 3.09. The van der Waals surface area contributed by atoms with Gasteiger partial charge in [-0.1, -0.05) is 0 Å². The molecule has 18 heavy (non-hydrogen) atoms. The van der Waals surface area contributed by atoms with E-state index in [1.54, 1.807) is 6.20 Å². The maximum absolute atomic E-state index is 4.31. The molecule has 0 saturated heterocycles. The van der Waals surface area contributed by atoms with E-state index in [1.807, 2.05) is 37.1 Å². The summed E-state index contributed by atoms with van der Waals surface area (Å²) in [7, 11) is 0. The lowest BCUT2D eigenvalue weighted by Gasteiger charge is -2.13. The molecule has 0 radical (unpaired) electrons. The van der Waals surface area contributed by atoms with Gasteiger partial charge in [0, 0.05) is 31.2 Å². The molecule has 0 amide bonds. The predicted octanol–water partition coefficient (Wildman–Crippen LogP) is 1.47.